The summed E-state index contributed by atoms with van der Waals surface area (Å²) in [5, 5.41) is 2.83. The highest BCUT2D eigenvalue weighted by Crippen LogP contribution is 2.22. The van der Waals surface area contributed by atoms with Gasteiger partial charge < -0.3 is 5.32 Å². The van der Waals surface area contributed by atoms with Gasteiger partial charge in [-0.3, -0.25) is 9.59 Å². The standard InChI is InChI=1S/C15H19I2NO2/c16-10-13-8-5-7-12(15(13)20)6-3-1-2-4-9-18-14(19)11-17/h7,13H,1-2,4-5,8-11H2,(H,18,19). The van der Waals surface area contributed by atoms with Gasteiger partial charge in [0.25, 0.3) is 0 Å². The molecule has 1 amide bonds. The maximum atomic E-state index is 12.0. The Morgan fingerprint density at radius 3 is 2.90 bits per heavy atom. The van der Waals surface area contributed by atoms with Gasteiger partial charge in [0, 0.05) is 23.3 Å². The fraction of sp³-hybridized carbons (Fsp3) is 0.600. The van der Waals surface area contributed by atoms with Crippen LogP contribution in [0.4, 0.5) is 0 Å². The average Bonchev–Trinajstić information content (AvgIpc) is 2.47. The second-order valence-electron chi connectivity index (χ2n) is 4.65. The number of carbonyl (C=O) groups is 2. The Bertz CT molecular complexity index is 435. The predicted octanol–water partition coefficient (Wildman–Crippen LogP) is 3.05. The van der Waals surface area contributed by atoms with Crippen LogP contribution in [-0.4, -0.2) is 27.1 Å². The zero-order valence-electron chi connectivity index (χ0n) is 11.4. The largest absolute Gasteiger partial charge is 0.355 e. The third-order valence-corrected chi connectivity index (χ3v) is 4.84. The van der Waals surface area contributed by atoms with Crippen molar-refractivity contribution in [2.45, 2.75) is 32.1 Å². The first-order valence-electron chi connectivity index (χ1n) is 6.81. The Balaban J connectivity index is 2.24. The van der Waals surface area contributed by atoms with E-state index in [-0.39, 0.29) is 17.6 Å². The van der Waals surface area contributed by atoms with Gasteiger partial charge in [-0.05, 0) is 25.7 Å². The first-order valence-corrected chi connectivity index (χ1v) is 9.86. The zero-order chi connectivity index (χ0) is 14.8. The summed E-state index contributed by atoms with van der Waals surface area (Å²) in [4.78, 5) is 23.0. The molecule has 0 radical (unpaired) electrons. The second-order valence-corrected chi connectivity index (χ2v) is 6.30. The Kier molecular flexibility index (Phi) is 9.52. The van der Waals surface area contributed by atoms with Gasteiger partial charge in [-0.2, -0.15) is 0 Å². The molecule has 5 heteroatoms. The maximum absolute atomic E-state index is 12.0. The van der Waals surface area contributed by atoms with Crippen molar-refractivity contribution in [2.75, 3.05) is 15.4 Å². The lowest BCUT2D eigenvalue weighted by Crippen LogP contribution is -2.25. The summed E-state index contributed by atoms with van der Waals surface area (Å²) in [7, 11) is 0. The van der Waals surface area contributed by atoms with Gasteiger partial charge in [0.1, 0.15) is 0 Å². The molecule has 0 saturated carbocycles. The molecule has 0 spiro atoms. The summed E-state index contributed by atoms with van der Waals surface area (Å²) >= 11 is 4.32. The monoisotopic (exact) mass is 499 g/mol. The number of carbonyl (C=O) groups excluding carboxylic acids is 2. The lowest BCUT2D eigenvalue weighted by atomic mass is 9.89. The second kappa shape index (κ2) is 10.6. The van der Waals surface area contributed by atoms with Gasteiger partial charge >= 0.3 is 0 Å². The third-order valence-electron chi connectivity index (χ3n) is 3.08. The highest BCUT2D eigenvalue weighted by molar-refractivity contribution is 14.1. The SMILES string of the molecule is O=C(CI)NCCCCC#CC1=CCCC(CI)C1=O. The van der Waals surface area contributed by atoms with Crippen molar-refractivity contribution >= 4 is 56.9 Å². The number of alkyl halides is 2. The molecule has 0 saturated heterocycles. The van der Waals surface area contributed by atoms with Crippen molar-refractivity contribution in [3.8, 4) is 11.8 Å². The molecule has 0 fully saturated rings. The van der Waals surface area contributed by atoms with Gasteiger partial charge in [-0.15, -0.1) is 0 Å². The Labute approximate surface area is 148 Å². The highest BCUT2D eigenvalue weighted by Gasteiger charge is 2.22. The number of hydrogen-bond acceptors (Lipinski definition) is 2. The Morgan fingerprint density at radius 1 is 1.40 bits per heavy atom. The Morgan fingerprint density at radius 2 is 2.20 bits per heavy atom. The third kappa shape index (κ3) is 6.57. The van der Waals surface area contributed by atoms with Crippen molar-refractivity contribution in [3.05, 3.63) is 11.6 Å². The number of rotatable bonds is 6. The van der Waals surface area contributed by atoms with Crippen LogP contribution < -0.4 is 5.32 Å². The van der Waals surface area contributed by atoms with Gasteiger partial charge in [-0.25, -0.2) is 0 Å². The fourth-order valence-electron chi connectivity index (χ4n) is 1.91. The predicted molar refractivity (Wildman–Crippen MR) is 98.2 cm³/mol. The number of hydrogen-bond donors (Lipinski definition) is 1. The molecule has 1 aliphatic rings. The molecule has 1 atom stereocenters. The summed E-state index contributed by atoms with van der Waals surface area (Å²) in [6.45, 7) is 0.710. The first-order chi connectivity index (χ1) is 9.69. The lowest BCUT2D eigenvalue weighted by molar-refractivity contribution is -0.119. The quantitative estimate of drug-likeness (QED) is 0.265. The molecule has 110 valence electrons. The average molecular weight is 499 g/mol. The van der Waals surface area contributed by atoms with Crippen molar-refractivity contribution in [1.82, 2.24) is 5.32 Å². The minimum Gasteiger partial charge on any atom is -0.355 e. The van der Waals surface area contributed by atoms with E-state index in [1.165, 1.54) is 0 Å². The molecule has 1 N–H and O–H groups in total. The molecule has 0 bridgehead atoms. The van der Waals surface area contributed by atoms with E-state index in [4.69, 9.17) is 0 Å². The molecular weight excluding hydrogens is 480 g/mol. The smallest absolute Gasteiger partial charge is 0.229 e. The summed E-state index contributed by atoms with van der Waals surface area (Å²) in [6.07, 6.45) is 6.56. The summed E-state index contributed by atoms with van der Waals surface area (Å²) in [5.41, 5.74) is 0.705. The van der Waals surface area contributed by atoms with E-state index < -0.39 is 0 Å². The summed E-state index contributed by atoms with van der Waals surface area (Å²) in [6, 6.07) is 0. The molecule has 0 aliphatic heterocycles. The van der Waals surface area contributed by atoms with E-state index in [0.717, 1.165) is 36.5 Å². The number of Topliss-reactive ketones (excluding diaryl/α,β-unsaturated/α-hetero) is 1. The lowest BCUT2D eigenvalue weighted by Gasteiger charge is -2.16. The van der Waals surface area contributed by atoms with E-state index >= 15 is 0 Å². The minimum atomic E-state index is 0.0829. The first kappa shape index (κ1) is 18.0. The highest BCUT2D eigenvalue weighted by atomic mass is 127. The van der Waals surface area contributed by atoms with Crippen LogP contribution in [0.15, 0.2) is 11.6 Å². The van der Waals surface area contributed by atoms with Crippen LogP contribution in [0.1, 0.15) is 32.1 Å². The fourth-order valence-corrected chi connectivity index (χ4v) is 3.02. The van der Waals surface area contributed by atoms with Crippen molar-refractivity contribution < 1.29 is 9.59 Å². The molecule has 20 heavy (non-hydrogen) atoms. The van der Waals surface area contributed by atoms with Gasteiger partial charge in [0.15, 0.2) is 5.78 Å². The number of allylic oxidation sites excluding steroid dienone is 2. The molecule has 0 heterocycles. The molecule has 1 aliphatic carbocycles. The molecule has 0 aromatic carbocycles. The van der Waals surface area contributed by atoms with Crippen LogP contribution in [0, 0.1) is 17.8 Å². The molecule has 0 aromatic heterocycles. The van der Waals surface area contributed by atoms with Crippen molar-refractivity contribution in [3.63, 3.8) is 0 Å². The summed E-state index contributed by atoms with van der Waals surface area (Å²) in [5.74, 6) is 6.55. The van der Waals surface area contributed by atoms with E-state index in [0.29, 0.717) is 16.5 Å². The maximum Gasteiger partial charge on any atom is 0.229 e. The minimum absolute atomic E-state index is 0.0829. The molecule has 1 rings (SSSR count). The number of amides is 1. The van der Waals surface area contributed by atoms with Crippen LogP contribution in [-0.2, 0) is 9.59 Å². The molecule has 1 unspecified atom stereocenters. The van der Waals surface area contributed by atoms with Crippen LogP contribution in [0.3, 0.4) is 0 Å². The molecular formula is C15H19I2NO2. The normalized spacial score (nSPS) is 18.0. The molecule has 0 aromatic rings. The summed E-state index contributed by atoms with van der Waals surface area (Å²) < 4.78 is 1.39. The topological polar surface area (TPSA) is 46.2 Å². The van der Waals surface area contributed by atoms with E-state index in [1.807, 2.05) is 28.7 Å². The van der Waals surface area contributed by atoms with E-state index in [2.05, 4.69) is 39.7 Å². The van der Waals surface area contributed by atoms with E-state index in [9.17, 15) is 9.59 Å². The number of nitrogens with one attached hydrogen (secondary N) is 1. The van der Waals surface area contributed by atoms with Crippen LogP contribution in [0.5, 0.6) is 0 Å². The zero-order valence-corrected chi connectivity index (χ0v) is 15.7. The van der Waals surface area contributed by atoms with E-state index in [1.54, 1.807) is 0 Å². The van der Waals surface area contributed by atoms with Gasteiger partial charge in [0.05, 0.1) is 10.0 Å². The van der Waals surface area contributed by atoms with Crippen LogP contribution in [0.25, 0.3) is 0 Å². The van der Waals surface area contributed by atoms with Crippen molar-refractivity contribution in [1.29, 1.82) is 0 Å². The Hall–Kier alpha value is -0.100. The van der Waals surface area contributed by atoms with Gasteiger partial charge in [-0.1, -0.05) is 63.1 Å². The number of unbranched alkanes of at least 4 members (excludes halogenated alkanes) is 2. The van der Waals surface area contributed by atoms with Crippen molar-refractivity contribution in [2.24, 2.45) is 5.92 Å². The van der Waals surface area contributed by atoms with Gasteiger partial charge in [0.2, 0.25) is 5.91 Å². The number of halogens is 2. The van der Waals surface area contributed by atoms with Crippen LogP contribution >= 0.6 is 45.2 Å². The molecule has 3 nitrogen and oxygen atoms in total. The van der Waals surface area contributed by atoms with Crippen LogP contribution in [0.2, 0.25) is 0 Å². The number of ketones is 1.